The summed E-state index contributed by atoms with van der Waals surface area (Å²) in [6.45, 7) is -0.123. The summed E-state index contributed by atoms with van der Waals surface area (Å²) in [6.07, 6.45) is 1.93. The van der Waals surface area contributed by atoms with E-state index in [-0.39, 0.29) is 12.5 Å². The number of carbonyl (C=O) groups is 1. The summed E-state index contributed by atoms with van der Waals surface area (Å²) in [6, 6.07) is 15.2. The number of hydrogen-bond donors (Lipinski definition) is 2. The Bertz CT molecular complexity index is 1090. The smallest absolute Gasteiger partial charge is 0.264 e. The molecule has 1 amide bonds. The third-order valence-corrected chi connectivity index (χ3v) is 4.80. The molecule has 0 bridgehead atoms. The number of rotatable bonds is 6. The Morgan fingerprint density at radius 1 is 1.15 bits per heavy atom. The Hall–Kier alpha value is -3.32. The normalized spacial score (nSPS) is 10.7. The molecule has 0 spiro atoms. The second-order valence-electron chi connectivity index (χ2n) is 5.77. The van der Waals surface area contributed by atoms with Crippen molar-refractivity contribution in [3.63, 3.8) is 0 Å². The number of methoxy groups -OCH3 is 1. The van der Waals surface area contributed by atoms with Gasteiger partial charge in [0.05, 0.1) is 12.8 Å². The SMILES string of the molecule is COc1ccccc1OCC(=O)Nc1nc(-c2c[nH]c3ccccc23)cs1. The van der Waals surface area contributed by atoms with Gasteiger partial charge in [0, 0.05) is 28.0 Å². The number of carbonyl (C=O) groups excluding carboxylic acids is 1. The molecule has 136 valence electrons. The molecular formula is C20H17N3O3S. The third-order valence-electron chi connectivity index (χ3n) is 4.04. The number of aromatic nitrogens is 2. The molecule has 0 saturated carbocycles. The molecule has 0 unspecified atom stereocenters. The van der Waals surface area contributed by atoms with E-state index >= 15 is 0 Å². The molecular weight excluding hydrogens is 362 g/mol. The van der Waals surface area contributed by atoms with Crippen LogP contribution in [0.4, 0.5) is 5.13 Å². The monoisotopic (exact) mass is 379 g/mol. The van der Waals surface area contributed by atoms with Crippen molar-refractivity contribution in [1.29, 1.82) is 0 Å². The lowest BCUT2D eigenvalue weighted by molar-refractivity contribution is -0.118. The first-order valence-corrected chi connectivity index (χ1v) is 9.20. The van der Waals surface area contributed by atoms with Gasteiger partial charge in [-0.15, -0.1) is 11.3 Å². The molecule has 7 heteroatoms. The van der Waals surface area contributed by atoms with Crippen LogP contribution in [0.3, 0.4) is 0 Å². The molecule has 2 aromatic carbocycles. The second kappa shape index (κ2) is 7.51. The van der Waals surface area contributed by atoms with Crippen molar-refractivity contribution in [3.8, 4) is 22.8 Å². The quantitative estimate of drug-likeness (QED) is 0.523. The van der Waals surface area contributed by atoms with Crippen LogP contribution < -0.4 is 14.8 Å². The standard InChI is InChI=1S/C20H17N3O3S/c1-25-17-8-4-5-9-18(17)26-11-19(24)23-20-22-16(12-27-20)14-10-21-15-7-3-2-6-13(14)15/h2-10,12,21H,11H2,1H3,(H,22,23,24). The first-order valence-electron chi connectivity index (χ1n) is 8.32. The Balaban J connectivity index is 1.42. The van der Waals surface area contributed by atoms with Gasteiger partial charge in [-0.05, 0) is 18.2 Å². The van der Waals surface area contributed by atoms with Crippen molar-refractivity contribution in [2.45, 2.75) is 0 Å². The highest BCUT2D eigenvalue weighted by Gasteiger charge is 2.12. The third kappa shape index (κ3) is 3.63. The predicted molar refractivity (Wildman–Crippen MR) is 107 cm³/mol. The summed E-state index contributed by atoms with van der Waals surface area (Å²) in [4.78, 5) is 19.9. The summed E-state index contributed by atoms with van der Waals surface area (Å²) in [5.74, 6) is 0.829. The van der Waals surface area contributed by atoms with Crippen LogP contribution in [0.15, 0.2) is 60.1 Å². The number of hydrogen-bond acceptors (Lipinski definition) is 5. The van der Waals surface area contributed by atoms with Crippen molar-refractivity contribution in [3.05, 3.63) is 60.1 Å². The summed E-state index contributed by atoms with van der Waals surface area (Å²) < 4.78 is 10.7. The summed E-state index contributed by atoms with van der Waals surface area (Å²) in [5, 5.41) is 6.32. The van der Waals surface area contributed by atoms with Gasteiger partial charge in [0.15, 0.2) is 23.2 Å². The van der Waals surface area contributed by atoms with Gasteiger partial charge in [-0.1, -0.05) is 30.3 Å². The van der Waals surface area contributed by atoms with E-state index in [1.165, 1.54) is 11.3 Å². The molecule has 0 aliphatic carbocycles. The molecule has 0 atom stereocenters. The fourth-order valence-electron chi connectivity index (χ4n) is 2.77. The van der Waals surface area contributed by atoms with E-state index in [0.29, 0.717) is 16.6 Å². The molecule has 0 saturated heterocycles. The molecule has 6 nitrogen and oxygen atoms in total. The summed E-state index contributed by atoms with van der Waals surface area (Å²) >= 11 is 1.38. The van der Waals surface area contributed by atoms with Crippen molar-refractivity contribution in [2.24, 2.45) is 0 Å². The minimum atomic E-state index is -0.277. The van der Waals surface area contributed by atoms with Crippen molar-refractivity contribution < 1.29 is 14.3 Å². The van der Waals surface area contributed by atoms with Crippen molar-refractivity contribution in [1.82, 2.24) is 9.97 Å². The van der Waals surface area contributed by atoms with E-state index in [9.17, 15) is 4.79 Å². The van der Waals surface area contributed by atoms with E-state index < -0.39 is 0 Å². The highest BCUT2D eigenvalue weighted by molar-refractivity contribution is 7.14. The molecule has 0 aliphatic rings. The number of nitrogens with zero attached hydrogens (tertiary/aromatic N) is 1. The molecule has 2 N–H and O–H groups in total. The number of aromatic amines is 1. The van der Waals surface area contributed by atoms with Gasteiger partial charge < -0.3 is 14.5 Å². The van der Waals surface area contributed by atoms with Crippen LogP contribution in [0.2, 0.25) is 0 Å². The molecule has 0 radical (unpaired) electrons. The van der Waals surface area contributed by atoms with Crippen molar-refractivity contribution >= 4 is 33.3 Å². The molecule has 2 heterocycles. The van der Waals surface area contributed by atoms with Crippen LogP contribution in [-0.2, 0) is 4.79 Å². The van der Waals surface area contributed by atoms with Crippen LogP contribution in [-0.4, -0.2) is 29.6 Å². The zero-order valence-electron chi connectivity index (χ0n) is 14.6. The summed E-state index contributed by atoms with van der Waals surface area (Å²) in [5.41, 5.74) is 2.88. The summed E-state index contributed by atoms with van der Waals surface area (Å²) in [7, 11) is 1.56. The van der Waals surface area contributed by atoms with E-state index in [2.05, 4.69) is 15.3 Å². The number of amides is 1. The van der Waals surface area contributed by atoms with E-state index in [1.54, 1.807) is 19.2 Å². The molecule has 4 rings (SSSR count). The predicted octanol–water partition coefficient (Wildman–Crippen LogP) is 4.32. The van der Waals surface area contributed by atoms with E-state index in [4.69, 9.17) is 9.47 Å². The minimum Gasteiger partial charge on any atom is -0.493 e. The molecule has 0 fully saturated rings. The lowest BCUT2D eigenvalue weighted by Gasteiger charge is -2.09. The largest absolute Gasteiger partial charge is 0.493 e. The maximum atomic E-state index is 12.2. The van der Waals surface area contributed by atoms with Gasteiger partial charge in [0.2, 0.25) is 0 Å². The molecule has 0 aliphatic heterocycles. The van der Waals surface area contributed by atoms with Gasteiger partial charge in [-0.2, -0.15) is 0 Å². The maximum absolute atomic E-state index is 12.2. The highest BCUT2D eigenvalue weighted by Crippen LogP contribution is 2.31. The first-order chi connectivity index (χ1) is 13.2. The van der Waals surface area contributed by atoms with Gasteiger partial charge in [0.25, 0.3) is 5.91 Å². The zero-order chi connectivity index (χ0) is 18.6. The number of ether oxygens (including phenoxy) is 2. The lowest BCUT2D eigenvalue weighted by Crippen LogP contribution is -2.20. The van der Waals surface area contributed by atoms with E-state index in [1.807, 2.05) is 48.0 Å². The van der Waals surface area contributed by atoms with Crippen molar-refractivity contribution in [2.75, 3.05) is 19.0 Å². The molecule has 27 heavy (non-hydrogen) atoms. The van der Waals surface area contributed by atoms with Gasteiger partial charge in [-0.25, -0.2) is 4.98 Å². The van der Waals surface area contributed by atoms with Gasteiger partial charge in [-0.3, -0.25) is 10.1 Å². The minimum absolute atomic E-state index is 0.123. The first kappa shape index (κ1) is 17.1. The molecule has 4 aromatic rings. The zero-order valence-corrected chi connectivity index (χ0v) is 15.4. The van der Waals surface area contributed by atoms with Crippen LogP contribution in [0.1, 0.15) is 0 Å². The number of H-pyrrole nitrogens is 1. The van der Waals surface area contributed by atoms with Gasteiger partial charge >= 0.3 is 0 Å². The lowest BCUT2D eigenvalue weighted by atomic mass is 10.1. The fourth-order valence-corrected chi connectivity index (χ4v) is 3.50. The van der Waals surface area contributed by atoms with Crippen LogP contribution >= 0.6 is 11.3 Å². The Morgan fingerprint density at radius 3 is 2.78 bits per heavy atom. The number of anilines is 1. The fraction of sp³-hybridized carbons (Fsp3) is 0.100. The topological polar surface area (TPSA) is 76.2 Å². The Kier molecular flexibility index (Phi) is 4.76. The molecule has 2 aromatic heterocycles. The Morgan fingerprint density at radius 2 is 1.93 bits per heavy atom. The van der Waals surface area contributed by atoms with Crippen LogP contribution in [0, 0.1) is 0 Å². The van der Waals surface area contributed by atoms with Gasteiger partial charge in [0.1, 0.15) is 0 Å². The Labute approximate surface area is 159 Å². The second-order valence-corrected chi connectivity index (χ2v) is 6.63. The number of nitrogens with one attached hydrogen (secondary N) is 2. The average Bonchev–Trinajstić information content (AvgIpc) is 3.33. The van der Waals surface area contributed by atoms with Crippen LogP contribution in [0.5, 0.6) is 11.5 Å². The maximum Gasteiger partial charge on any atom is 0.264 e. The highest BCUT2D eigenvalue weighted by atomic mass is 32.1. The number of fused-ring (bicyclic) bond motifs is 1. The number of benzene rings is 2. The average molecular weight is 379 g/mol. The number of thiazole rings is 1. The van der Waals surface area contributed by atoms with E-state index in [0.717, 1.165) is 22.2 Å². The number of para-hydroxylation sites is 3. The van der Waals surface area contributed by atoms with Crippen LogP contribution in [0.25, 0.3) is 22.2 Å².